The Kier molecular flexibility index (Phi) is 4.79. The van der Waals surface area contributed by atoms with Gasteiger partial charge >= 0.3 is 0 Å². The normalized spacial score (nSPS) is 10.3. The zero-order valence-corrected chi connectivity index (χ0v) is 12.3. The lowest BCUT2D eigenvalue weighted by Crippen LogP contribution is -2.30. The first-order valence-corrected chi connectivity index (χ1v) is 7.59. The summed E-state index contributed by atoms with van der Waals surface area (Å²) < 4.78 is 13.0. The van der Waals surface area contributed by atoms with E-state index in [1.807, 2.05) is 37.4 Å². The number of hydrogen-bond donors (Lipinski definition) is 0. The Balaban J connectivity index is 2.26. The number of halogens is 1. The number of amides is 1. The summed E-state index contributed by atoms with van der Waals surface area (Å²) in [6.07, 6.45) is 1.99. The van der Waals surface area contributed by atoms with E-state index in [0.717, 1.165) is 4.90 Å². The summed E-state index contributed by atoms with van der Waals surface area (Å²) in [5.74, 6) is -0.381. The predicted molar refractivity (Wildman–Crippen MR) is 82.0 cm³/mol. The van der Waals surface area contributed by atoms with Gasteiger partial charge < -0.3 is 4.90 Å². The van der Waals surface area contributed by atoms with E-state index < -0.39 is 0 Å². The van der Waals surface area contributed by atoms with E-state index in [2.05, 4.69) is 0 Å². The zero-order chi connectivity index (χ0) is 14.5. The molecule has 104 valence electrons. The van der Waals surface area contributed by atoms with E-state index in [4.69, 9.17) is 0 Å². The molecular formula is C16H16FNOS. The second-order valence-corrected chi connectivity index (χ2v) is 5.13. The van der Waals surface area contributed by atoms with Crippen molar-refractivity contribution in [3.63, 3.8) is 0 Å². The number of anilines is 1. The summed E-state index contributed by atoms with van der Waals surface area (Å²) in [5, 5.41) is 0. The molecule has 4 heteroatoms. The lowest BCUT2D eigenvalue weighted by Gasteiger charge is -2.21. The molecule has 0 fully saturated rings. The monoisotopic (exact) mass is 289 g/mol. The van der Waals surface area contributed by atoms with Gasteiger partial charge in [-0.2, -0.15) is 0 Å². The van der Waals surface area contributed by atoms with Crippen molar-refractivity contribution in [3.05, 3.63) is 59.9 Å². The molecule has 0 saturated carbocycles. The second-order valence-electron chi connectivity index (χ2n) is 4.25. The Morgan fingerprint density at radius 3 is 2.20 bits per heavy atom. The van der Waals surface area contributed by atoms with Crippen LogP contribution in [0.2, 0.25) is 0 Å². The van der Waals surface area contributed by atoms with E-state index in [1.165, 1.54) is 12.1 Å². The largest absolute Gasteiger partial charge is 0.309 e. The van der Waals surface area contributed by atoms with Gasteiger partial charge in [-0.25, -0.2) is 4.39 Å². The van der Waals surface area contributed by atoms with Crippen LogP contribution < -0.4 is 4.90 Å². The van der Waals surface area contributed by atoms with Gasteiger partial charge in [-0.05, 0) is 61.7 Å². The van der Waals surface area contributed by atoms with E-state index in [1.54, 1.807) is 28.8 Å². The number of thioether (sulfide) groups is 1. The molecule has 0 bridgehead atoms. The average Bonchev–Trinajstić information content (AvgIpc) is 2.50. The van der Waals surface area contributed by atoms with Crippen molar-refractivity contribution in [3.8, 4) is 0 Å². The van der Waals surface area contributed by atoms with Crippen molar-refractivity contribution in [1.82, 2.24) is 0 Å². The highest BCUT2D eigenvalue weighted by Crippen LogP contribution is 2.20. The van der Waals surface area contributed by atoms with Crippen LogP contribution in [0.25, 0.3) is 0 Å². The van der Waals surface area contributed by atoms with Crippen LogP contribution in [0.1, 0.15) is 17.3 Å². The molecule has 2 nitrogen and oxygen atoms in total. The SMILES string of the molecule is CCN(C(=O)c1ccc(SC)cc1)c1ccc(F)cc1. The molecule has 20 heavy (non-hydrogen) atoms. The first-order chi connectivity index (χ1) is 9.65. The third-order valence-corrected chi connectivity index (χ3v) is 3.78. The molecule has 0 unspecified atom stereocenters. The number of hydrogen-bond acceptors (Lipinski definition) is 2. The lowest BCUT2D eigenvalue weighted by molar-refractivity contribution is 0.0988. The molecule has 0 N–H and O–H groups in total. The second kappa shape index (κ2) is 6.57. The number of nitrogens with zero attached hydrogens (tertiary/aromatic N) is 1. The molecule has 0 aliphatic rings. The van der Waals surface area contributed by atoms with Gasteiger partial charge in [0, 0.05) is 22.7 Å². The molecule has 1 amide bonds. The highest BCUT2D eigenvalue weighted by atomic mass is 32.2. The zero-order valence-electron chi connectivity index (χ0n) is 11.5. The Hall–Kier alpha value is -1.81. The topological polar surface area (TPSA) is 20.3 Å². The summed E-state index contributed by atoms with van der Waals surface area (Å²) in [5.41, 5.74) is 1.34. The standard InChI is InChI=1S/C16H16FNOS/c1-3-18(14-8-6-13(17)7-9-14)16(19)12-4-10-15(20-2)11-5-12/h4-11H,3H2,1-2H3. The van der Waals surface area contributed by atoms with Crippen LogP contribution in [0.4, 0.5) is 10.1 Å². The van der Waals surface area contributed by atoms with Crippen molar-refractivity contribution >= 4 is 23.4 Å². The molecule has 0 aliphatic heterocycles. The molecule has 0 spiro atoms. The fourth-order valence-electron chi connectivity index (χ4n) is 1.95. The summed E-state index contributed by atoms with van der Waals surface area (Å²) in [6.45, 7) is 2.44. The van der Waals surface area contributed by atoms with E-state index >= 15 is 0 Å². The van der Waals surface area contributed by atoms with Crippen LogP contribution in [0.5, 0.6) is 0 Å². The molecule has 0 aromatic heterocycles. The highest BCUT2D eigenvalue weighted by Gasteiger charge is 2.15. The van der Waals surface area contributed by atoms with E-state index in [9.17, 15) is 9.18 Å². The minimum Gasteiger partial charge on any atom is -0.309 e. The fraction of sp³-hybridized carbons (Fsp3) is 0.188. The fourth-order valence-corrected chi connectivity index (χ4v) is 2.36. The predicted octanol–water partition coefficient (Wildman–Crippen LogP) is 4.21. The Morgan fingerprint density at radius 1 is 1.10 bits per heavy atom. The van der Waals surface area contributed by atoms with Crippen LogP contribution >= 0.6 is 11.8 Å². The molecule has 2 rings (SSSR count). The summed E-state index contributed by atoms with van der Waals surface area (Å²) in [4.78, 5) is 15.2. The number of rotatable bonds is 4. The van der Waals surface area contributed by atoms with Gasteiger partial charge in [-0.15, -0.1) is 11.8 Å². The quantitative estimate of drug-likeness (QED) is 0.786. The van der Waals surface area contributed by atoms with Gasteiger partial charge in [-0.3, -0.25) is 4.79 Å². The van der Waals surface area contributed by atoms with Crippen molar-refractivity contribution in [2.75, 3.05) is 17.7 Å². The lowest BCUT2D eigenvalue weighted by atomic mass is 10.2. The summed E-state index contributed by atoms with van der Waals surface area (Å²) in [6, 6.07) is 13.5. The molecular weight excluding hydrogens is 273 g/mol. The Bertz CT molecular complexity index is 580. The molecule has 2 aromatic rings. The first kappa shape index (κ1) is 14.6. The van der Waals surface area contributed by atoms with Crippen LogP contribution in [0.15, 0.2) is 53.4 Å². The molecule has 0 saturated heterocycles. The van der Waals surface area contributed by atoms with Crippen molar-refractivity contribution in [1.29, 1.82) is 0 Å². The molecule has 0 radical (unpaired) electrons. The molecule has 0 atom stereocenters. The maximum atomic E-state index is 13.0. The number of benzene rings is 2. The third kappa shape index (κ3) is 3.20. The van der Waals surface area contributed by atoms with E-state index in [-0.39, 0.29) is 11.7 Å². The molecule has 0 aliphatic carbocycles. The van der Waals surface area contributed by atoms with Crippen molar-refractivity contribution in [2.24, 2.45) is 0 Å². The van der Waals surface area contributed by atoms with Crippen molar-refractivity contribution < 1.29 is 9.18 Å². The summed E-state index contributed by atoms with van der Waals surface area (Å²) >= 11 is 1.63. The maximum absolute atomic E-state index is 13.0. The van der Waals surface area contributed by atoms with Crippen molar-refractivity contribution in [2.45, 2.75) is 11.8 Å². The third-order valence-electron chi connectivity index (χ3n) is 3.04. The van der Waals surface area contributed by atoms with Gasteiger partial charge in [0.25, 0.3) is 5.91 Å². The maximum Gasteiger partial charge on any atom is 0.258 e. The van der Waals surface area contributed by atoms with Gasteiger partial charge in [0.2, 0.25) is 0 Å². The summed E-state index contributed by atoms with van der Waals surface area (Å²) in [7, 11) is 0. The average molecular weight is 289 g/mol. The Morgan fingerprint density at radius 2 is 1.70 bits per heavy atom. The van der Waals surface area contributed by atoms with Crippen LogP contribution in [-0.4, -0.2) is 18.7 Å². The molecule has 0 heterocycles. The van der Waals surface area contributed by atoms with Crippen LogP contribution in [-0.2, 0) is 0 Å². The minimum absolute atomic E-state index is 0.0771. The van der Waals surface area contributed by atoms with E-state index in [0.29, 0.717) is 17.8 Å². The first-order valence-electron chi connectivity index (χ1n) is 6.37. The van der Waals surface area contributed by atoms with Crippen LogP contribution in [0, 0.1) is 5.82 Å². The Labute approximate surface area is 122 Å². The van der Waals surface area contributed by atoms with Gasteiger partial charge in [0.15, 0.2) is 0 Å². The van der Waals surface area contributed by atoms with Gasteiger partial charge in [0.05, 0.1) is 0 Å². The number of carbonyl (C=O) groups excluding carboxylic acids is 1. The smallest absolute Gasteiger partial charge is 0.258 e. The molecule has 2 aromatic carbocycles. The van der Waals surface area contributed by atoms with Gasteiger partial charge in [-0.1, -0.05) is 0 Å². The van der Waals surface area contributed by atoms with Crippen LogP contribution in [0.3, 0.4) is 0 Å². The minimum atomic E-state index is -0.304. The highest BCUT2D eigenvalue weighted by molar-refractivity contribution is 7.98. The number of carbonyl (C=O) groups is 1. The van der Waals surface area contributed by atoms with Gasteiger partial charge in [0.1, 0.15) is 5.82 Å².